The van der Waals surface area contributed by atoms with Crippen molar-refractivity contribution in [1.82, 2.24) is 19.7 Å². The molecule has 0 saturated carbocycles. The maximum Gasteiger partial charge on any atom is 0.319 e. The molecule has 8 heteroatoms. The number of carbonyl (C=O) groups is 3. The zero-order chi connectivity index (χ0) is 17.1. The number of methoxy groups -OCH3 is 1. The first-order valence-corrected chi connectivity index (χ1v) is 7.89. The van der Waals surface area contributed by atoms with Crippen LogP contribution in [-0.4, -0.2) is 77.3 Å². The predicted molar refractivity (Wildman–Crippen MR) is 83.5 cm³/mol. The van der Waals surface area contributed by atoms with Crippen molar-refractivity contribution < 1.29 is 19.1 Å². The Hall–Kier alpha value is -2.48. The van der Waals surface area contributed by atoms with Gasteiger partial charge in [-0.05, 0) is 12.1 Å². The van der Waals surface area contributed by atoms with Crippen molar-refractivity contribution >= 4 is 17.8 Å². The summed E-state index contributed by atoms with van der Waals surface area (Å²) in [4.78, 5) is 45.6. The summed E-state index contributed by atoms with van der Waals surface area (Å²) in [5.41, 5.74) is 1.56. The summed E-state index contributed by atoms with van der Waals surface area (Å²) >= 11 is 0. The minimum Gasteiger partial charge on any atom is -0.468 e. The summed E-state index contributed by atoms with van der Waals surface area (Å²) < 4.78 is 4.74. The van der Waals surface area contributed by atoms with Crippen LogP contribution >= 0.6 is 0 Å². The van der Waals surface area contributed by atoms with Crippen LogP contribution in [0.25, 0.3) is 0 Å². The van der Waals surface area contributed by atoms with Crippen molar-refractivity contribution in [3.63, 3.8) is 0 Å². The smallest absolute Gasteiger partial charge is 0.319 e. The van der Waals surface area contributed by atoms with Crippen LogP contribution in [-0.2, 0) is 32.2 Å². The van der Waals surface area contributed by atoms with Crippen LogP contribution in [0.1, 0.15) is 11.4 Å². The molecular weight excluding hydrogens is 312 g/mol. The molecule has 2 amide bonds. The number of rotatable bonds is 2. The average molecular weight is 332 g/mol. The highest BCUT2D eigenvalue weighted by Gasteiger charge is 2.33. The Labute approximate surface area is 140 Å². The fourth-order valence-electron chi connectivity index (χ4n) is 2.93. The van der Waals surface area contributed by atoms with Crippen LogP contribution in [0, 0.1) is 0 Å². The van der Waals surface area contributed by atoms with E-state index in [2.05, 4.69) is 4.98 Å². The third-order valence-corrected chi connectivity index (χ3v) is 4.27. The molecule has 0 spiro atoms. The lowest BCUT2D eigenvalue weighted by Gasteiger charge is -2.35. The van der Waals surface area contributed by atoms with Gasteiger partial charge in [0.25, 0.3) is 0 Å². The lowest BCUT2D eigenvalue weighted by molar-refractivity contribution is -0.156. The summed E-state index contributed by atoms with van der Waals surface area (Å²) in [5, 5.41) is 0. The van der Waals surface area contributed by atoms with Gasteiger partial charge in [0.15, 0.2) is 0 Å². The first kappa shape index (κ1) is 16.4. The van der Waals surface area contributed by atoms with Gasteiger partial charge in [-0.3, -0.25) is 24.3 Å². The number of aromatic nitrogens is 1. The SMILES string of the molecule is COC(=O)CN1CCN2CCN(Cc3cccc(n3)C1)C(=O)C2=O. The first-order valence-electron chi connectivity index (χ1n) is 7.89. The van der Waals surface area contributed by atoms with Crippen molar-refractivity contribution in [3.8, 4) is 0 Å². The standard InChI is InChI=1S/C16H20N4O4/c1-24-14(21)11-18-5-6-19-7-8-20(16(23)15(19)22)10-13-4-2-3-12(9-18)17-13/h2-4H,5-11H2,1H3. The molecule has 0 N–H and O–H groups in total. The molecule has 0 aromatic carbocycles. The van der Waals surface area contributed by atoms with Gasteiger partial charge in [0, 0.05) is 32.7 Å². The number of pyridine rings is 1. The van der Waals surface area contributed by atoms with E-state index in [1.165, 1.54) is 7.11 Å². The van der Waals surface area contributed by atoms with Crippen molar-refractivity contribution in [3.05, 3.63) is 29.6 Å². The zero-order valence-electron chi connectivity index (χ0n) is 13.6. The topological polar surface area (TPSA) is 83.1 Å². The molecule has 0 aliphatic carbocycles. The first-order chi connectivity index (χ1) is 11.6. The molecule has 4 bridgehead atoms. The number of hydrogen-bond acceptors (Lipinski definition) is 6. The molecule has 1 aromatic heterocycles. The highest BCUT2D eigenvalue weighted by Crippen LogP contribution is 2.13. The van der Waals surface area contributed by atoms with Crippen LogP contribution in [0.5, 0.6) is 0 Å². The molecule has 0 unspecified atom stereocenters. The van der Waals surface area contributed by atoms with Gasteiger partial charge in [-0.2, -0.15) is 0 Å². The Morgan fingerprint density at radius 3 is 2.42 bits per heavy atom. The molecule has 1 fully saturated rings. The summed E-state index contributed by atoms with van der Waals surface area (Å²) in [7, 11) is 1.35. The van der Waals surface area contributed by atoms with Gasteiger partial charge in [0.05, 0.1) is 31.6 Å². The number of fused-ring (bicyclic) bond motifs is 5. The van der Waals surface area contributed by atoms with E-state index in [9.17, 15) is 14.4 Å². The van der Waals surface area contributed by atoms with Crippen molar-refractivity contribution in [2.24, 2.45) is 0 Å². The van der Waals surface area contributed by atoms with Crippen molar-refractivity contribution in [2.75, 3.05) is 39.8 Å². The monoisotopic (exact) mass is 332 g/mol. The molecule has 24 heavy (non-hydrogen) atoms. The molecule has 4 heterocycles. The van der Waals surface area contributed by atoms with E-state index in [0.29, 0.717) is 39.3 Å². The Balaban J connectivity index is 1.88. The molecule has 1 aromatic rings. The molecule has 1 saturated heterocycles. The lowest BCUT2D eigenvalue weighted by Crippen LogP contribution is -2.55. The number of ether oxygens (including phenoxy) is 1. The molecule has 3 aliphatic rings. The van der Waals surface area contributed by atoms with E-state index >= 15 is 0 Å². The second-order valence-electron chi connectivity index (χ2n) is 5.93. The third-order valence-electron chi connectivity index (χ3n) is 4.27. The van der Waals surface area contributed by atoms with Gasteiger partial charge < -0.3 is 14.5 Å². The summed E-state index contributed by atoms with van der Waals surface area (Å²) in [6.07, 6.45) is 0. The fraction of sp³-hybridized carbons (Fsp3) is 0.500. The van der Waals surface area contributed by atoms with Crippen LogP contribution in [0.2, 0.25) is 0 Å². The largest absolute Gasteiger partial charge is 0.468 e. The predicted octanol–water partition coefficient (Wildman–Crippen LogP) is -0.759. The number of nitrogens with zero attached hydrogens (tertiary/aromatic N) is 4. The average Bonchev–Trinajstić information content (AvgIpc) is 2.57. The number of piperazine rings is 1. The fourth-order valence-corrected chi connectivity index (χ4v) is 2.93. The van der Waals surface area contributed by atoms with Crippen LogP contribution in [0.15, 0.2) is 18.2 Å². The molecule has 0 radical (unpaired) electrons. The molecule has 128 valence electrons. The Kier molecular flexibility index (Phi) is 4.75. The molecule has 8 nitrogen and oxygen atoms in total. The molecular formula is C16H20N4O4. The van der Waals surface area contributed by atoms with Crippen LogP contribution in [0.3, 0.4) is 0 Å². The third kappa shape index (κ3) is 3.53. The maximum absolute atomic E-state index is 12.2. The molecule has 0 atom stereocenters. The molecule has 3 aliphatic heterocycles. The Morgan fingerprint density at radius 1 is 1.04 bits per heavy atom. The van der Waals surface area contributed by atoms with Gasteiger partial charge in [0.2, 0.25) is 0 Å². The van der Waals surface area contributed by atoms with E-state index in [1.807, 2.05) is 23.1 Å². The minimum absolute atomic E-state index is 0.116. The van der Waals surface area contributed by atoms with Gasteiger partial charge in [-0.1, -0.05) is 6.07 Å². The highest BCUT2D eigenvalue weighted by atomic mass is 16.5. The van der Waals surface area contributed by atoms with Crippen LogP contribution < -0.4 is 0 Å². The van der Waals surface area contributed by atoms with E-state index in [1.54, 1.807) is 9.80 Å². The Bertz CT molecular complexity index is 663. The lowest BCUT2D eigenvalue weighted by atomic mass is 10.2. The highest BCUT2D eigenvalue weighted by molar-refractivity contribution is 6.35. The summed E-state index contributed by atoms with van der Waals surface area (Å²) in [5.74, 6) is -1.32. The summed E-state index contributed by atoms with van der Waals surface area (Å²) in [6, 6.07) is 5.60. The van der Waals surface area contributed by atoms with Gasteiger partial charge in [0.1, 0.15) is 0 Å². The zero-order valence-corrected chi connectivity index (χ0v) is 13.6. The second kappa shape index (κ2) is 6.96. The van der Waals surface area contributed by atoms with Crippen molar-refractivity contribution in [1.29, 1.82) is 0 Å². The van der Waals surface area contributed by atoms with Gasteiger partial charge in [-0.15, -0.1) is 0 Å². The van der Waals surface area contributed by atoms with Gasteiger partial charge in [-0.25, -0.2) is 0 Å². The Morgan fingerprint density at radius 2 is 1.67 bits per heavy atom. The number of hydrogen-bond donors (Lipinski definition) is 0. The maximum atomic E-state index is 12.2. The second-order valence-corrected chi connectivity index (χ2v) is 5.93. The minimum atomic E-state index is -0.492. The van der Waals surface area contributed by atoms with E-state index in [4.69, 9.17) is 4.74 Å². The normalized spacial score (nSPS) is 19.0. The van der Waals surface area contributed by atoms with Crippen molar-refractivity contribution in [2.45, 2.75) is 13.1 Å². The van der Waals surface area contributed by atoms with Gasteiger partial charge >= 0.3 is 17.8 Å². The van der Waals surface area contributed by atoms with E-state index < -0.39 is 11.8 Å². The quantitative estimate of drug-likeness (QED) is 0.523. The number of amides is 2. The summed E-state index contributed by atoms with van der Waals surface area (Å²) in [6.45, 7) is 2.78. The number of carbonyl (C=O) groups excluding carboxylic acids is 3. The van der Waals surface area contributed by atoms with E-state index in [-0.39, 0.29) is 12.5 Å². The molecule has 4 rings (SSSR count). The van der Waals surface area contributed by atoms with E-state index in [0.717, 1.165) is 11.4 Å². The van der Waals surface area contributed by atoms with Crippen LogP contribution in [0.4, 0.5) is 0 Å². The number of esters is 1.